The molecule has 0 radical (unpaired) electrons. The summed E-state index contributed by atoms with van der Waals surface area (Å²) >= 11 is 0. The molecule has 4 heteroatoms. The lowest BCUT2D eigenvalue weighted by molar-refractivity contribution is -0.121. The molecule has 2 rings (SSSR count). The van der Waals surface area contributed by atoms with E-state index in [1.807, 2.05) is 19.2 Å². The Labute approximate surface area is 121 Å². The molecule has 0 bridgehead atoms. The fraction of sp³-hybridized carbons (Fsp3) is 0.688. The second-order valence-electron chi connectivity index (χ2n) is 6.57. The standard InChI is InChI=1S/C16H26N2O2/c1-4-7-17-15(20)6-9-18-8-5-12-13(18)10-16(2,3)11-14(12)19/h5,8,14,19H,4,6-7,9-11H2,1-3H3,(H,17,20). The second kappa shape index (κ2) is 6.00. The van der Waals surface area contributed by atoms with E-state index in [9.17, 15) is 9.90 Å². The zero-order valence-electron chi connectivity index (χ0n) is 12.8. The van der Waals surface area contributed by atoms with Crippen LogP contribution < -0.4 is 5.32 Å². The van der Waals surface area contributed by atoms with E-state index in [0.29, 0.717) is 13.0 Å². The van der Waals surface area contributed by atoms with E-state index in [2.05, 4.69) is 23.7 Å². The molecule has 0 aromatic carbocycles. The van der Waals surface area contributed by atoms with E-state index >= 15 is 0 Å². The molecule has 1 aliphatic carbocycles. The highest BCUT2D eigenvalue weighted by molar-refractivity contribution is 5.75. The van der Waals surface area contributed by atoms with Gasteiger partial charge >= 0.3 is 0 Å². The molecule has 112 valence electrons. The number of aliphatic hydroxyl groups excluding tert-OH is 1. The summed E-state index contributed by atoms with van der Waals surface area (Å²) in [6.07, 6.45) is 4.86. The number of nitrogens with zero attached hydrogens (tertiary/aromatic N) is 1. The number of rotatable bonds is 5. The van der Waals surface area contributed by atoms with Gasteiger partial charge in [0.15, 0.2) is 0 Å². The van der Waals surface area contributed by atoms with Crippen LogP contribution in [0.25, 0.3) is 0 Å². The average molecular weight is 278 g/mol. The second-order valence-corrected chi connectivity index (χ2v) is 6.57. The Kier molecular flexibility index (Phi) is 4.53. The van der Waals surface area contributed by atoms with E-state index in [1.165, 1.54) is 5.69 Å². The van der Waals surface area contributed by atoms with Gasteiger partial charge in [0.05, 0.1) is 6.10 Å². The highest BCUT2D eigenvalue weighted by Crippen LogP contribution is 2.41. The molecule has 1 unspecified atom stereocenters. The Hall–Kier alpha value is -1.29. The number of hydrogen-bond donors (Lipinski definition) is 2. The van der Waals surface area contributed by atoms with Gasteiger partial charge in [-0.3, -0.25) is 4.79 Å². The summed E-state index contributed by atoms with van der Waals surface area (Å²) in [5, 5.41) is 13.1. The number of hydrogen-bond acceptors (Lipinski definition) is 2. The van der Waals surface area contributed by atoms with Crippen molar-refractivity contribution < 1.29 is 9.90 Å². The smallest absolute Gasteiger partial charge is 0.221 e. The van der Waals surface area contributed by atoms with Crippen molar-refractivity contribution in [2.24, 2.45) is 5.41 Å². The Morgan fingerprint density at radius 3 is 3.00 bits per heavy atom. The van der Waals surface area contributed by atoms with Crippen LogP contribution in [0.15, 0.2) is 12.3 Å². The number of carbonyl (C=O) groups excluding carboxylic acids is 1. The molecule has 0 fully saturated rings. The molecule has 0 saturated heterocycles. The van der Waals surface area contributed by atoms with Crippen molar-refractivity contribution in [1.29, 1.82) is 0 Å². The largest absolute Gasteiger partial charge is 0.388 e. The first-order valence-electron chi connectivity index (χ1n) is 7.55. The molecule has 1 heterocycles. The molecule has 1 aromatic rings. The summed E-state index contributed by atoms with van der Waals surface area (Å²) in [5.74, 6) is 0.102. The van der Waals surface area contributed by atoms with Gasteiger partial charge in [0, 0.05) is 37.0 Å². The van der Waals surface area contributed by atoms with Crippen LogP contribution in [0.5, 0.6) is 0 Å². The Morgan fingerprint density at radius 1 is 1.55 bits per heavy atom. The molecule has 1 aliphatic rings. The van der Waals surface area contributed by atoms with Crippen molar-refractivity contribution in [3.8, 4) is 0 Å². The van der Waals surface area contributed by atoms with Crippen molar-refractivity contribution >= 4 is 5.91 Å². The topological polar surface area (TPSA) is 54.3 Å². The molecule has 1 aromatic heterocycles. The SMILES string of the molecule is CCCNC(=O)CCn1ccc2c1CC(C)(C)CC2O. The molecule has 1 atom stereocenters. The lowest BCUT2D eigenvalue weighted by Crippen LogP contribution is -2.28. The summed E-state index contributed by atoms with van der Waals surface area (Å²) in [4.78, 5) is 11.7. The maximum atomic E-state index is 11.7. The minimum absolute atomic E-state index is 0.102. The molecule has 1 amide bonds. The van der Waals surface area contributed by atoms with E-state index in [4.69, 9.17) is 0 Å². The first-order chi connectivity index (χ1) is 9.43. The third kappa shape index (κ3) is 3.42. The third-order valence-electron chi connectivity index (χ3n) is 4.02. The van der Waals surface area contributed by atoms with Gasteiger partial charge in [0.1, 0.15) is 0 Å². The van der Waals surface area contributed by atoms with Crippen LogP contribution in [0.3, 0.4) is 0 Å². The van der Waals surface area contributed by atoms with Crippen LogP contribution in [0.2, 0.25) is 0 Å². The molecular formula is C16H26N2O2. The van der Waals surface area contributed by atoms with Crippen LogP contribution in [0, 0.1) is 5.41 Å². The molecule has 2 N–H and O–H groups in total. The van der Waals surface area contributed by atoms with Gasteiger partial charge in [0.25, 0.3) is 0 Å². The number of aromatic nitrogens is 1. The van der Waals surface area contributed by atoms with Crippen LogP contribution in [-0.4, -0.2) is 22.1 Å². The van der Waals surface area contributed by atoms with Crippen molar-refractivity contribution in [1.82, 2.24) is 9.88 Å². The lowest BCUT2D eigenvalue weighted by atomic mass is 9.75. The molecular weight excluding hydrogens is 252 g/mol. The van der Waals surface area contributed by atoms with Crippen LogP contribution in [-0.2, 0) is 17.8 Å². The quantitative estimate of drug-likeness (QED) is 0.869. The van der Waals surface area contributed by atoms with E-state index < -0.39 is 0 Å². The Balaban J connectivity index is 2.02. The fourth-order valence-corrected chi connectivity index (χ4v) is 2.97. The maximum Gasteiger partial charge on any atom is 0.221 e. The van der Waals surface area contributed by atoms with Gasteiger partial charge in [0.2, 0.25) is 5.91 Å². The summed E-state index contributed by atoms with van der Waals surface area (Å²) in [5.41, 5.74) is 2.35. The van der Waals surface area contributed by atoms with E-state index in [-0.39, 0.29) is 17.4 Å². The number of carbonyl (C=O) groups is 1. The normalized spacial score (nSPS) is 20.5. The minimum atomic E-state index is -0.371. The van der Waals surface area contributed by atoms with Crippen molar-refractivity contribution in [3.05, 3.63) is 23.5 Å². The van der Waals surface area contributed by atoms with Gasteiger partial charge in [-0.2, -0.15) is 0 Å². The third-order valence-corrected chi connectivity index (χ3v) is 4.02. The molecule has 4 nitrogen and oxygen atoms in total. The van der Waals surface area contributed by atoms with Crippen LogP contribution in [0.1, 0.15) is 57.4 Å². The van der Waals surface area contributed by atoms with E-state index in [1.54, 1.807) is 0 Å². The molecule has 0 aliphatic heterocycles. The van der Waals surface area contributed by atoms with Gasteiger partial charge < -0.3 is 15.0 Å². The summed E-state index contributed by atoms with van der Waals surface area (Å²) in [7, 11) is 0. The number of aliphatic hydroxyl groups is 1. The van der Waals surface area contributed by atoms with Gasteiger partial charge in [-0.05, 0) is 30.7 Å². The summed E-state index contributed by atoms with van der Waals surface area (Å²) in [6, 6.07) is 2.00. The lowest BCUT2D eigenvalue weighted by Gasteiger charge is -2.34. The molecule has 0 saturated carbocycles. The van der Waals surface area contributed by atoms with E-state index in [0.717, 1.165) is 31.4 Å². The van der Waals surface area contributed by atoms with Crippen molar-refractivity contribution in [3.63, 3.8) is 0 Å². The predicted molar refractivity (Wildman–Crippen MR) is 79.4 cm³/mol. The Morgan fingerprint density at radius 2 is 2.30 bits per heavy atom. The Bertz CT molecular complexity index is 477. The summed E-state index contributed by atoms with van der Waals surface area (Å²) < 4.78 is 2.13. The molecule has 0 spiro atoms. The highest BCUT2D eigenvalue weighted by Gasteiger charge is 2.33. The fourth-order valence-electron chi connectivity index (χ4n) is 2.97. The van der Waals surface area contributed by atoms with Crippen LogP contribution >= 0.6 is 0 Å². The number of aryl methyl sites for hydroxylation is 1. The monoisotopic (exact) mass is 278 g/mol. The van der Waals surface area contributed by atoms with Crippen molar-refractivity contribution in [2.45, 2.75) is 59.1 Å². The number of fused-ring (bicyclic) bond motifs is 1. The summed E-state index contributed by atoms with van der Waals surface area (Å²) in [6.45, 7) is 7.85. The molecule has 20 heavy (non-hydrogen) atoms. The maximum absolute atomic E-state index is 11.7. The number of amides is 1. The average Bonchev–Trinajstić information content (AvgIpc) is 2.75. The number of nitrogens with one attached hydrogen (secondary N) is 1. The zero-order chi connectivity index (χ0) is 14.8. The highest BCUT2D eigenvalue weighted by atomic mass is 16.3. The van der Waals surface area contributed by atoms with Crippen molar-refractivity contribution in [2.75, 3.05) is 6.54 Å². The first-order valence-corrected chi connectivity index (χ1v) is 7.55. The first kappa shape index (κ1) is 15.1. The zero-order valence-corrected chi connectivity index (χ0v) is 12.8. The van der Waals surface area contributed by atoms with Gasteiger partial charge in [-0.25, -0.2) is 0 Å². The predicted octanol–water partition coefficient (Wildman–Crippen LogP) is 2.41. The van der Waals surface area contributed by atoms with Gasteiger partial charge in [-0.15, -0.1) is 0 Å². The van der Waals surface area contributed by atoms with Crippen LogP contribution in [0.4, 0.5) is 0 Å². The minimum Gasteiger partial charge on any atom is -0.388 e. The van der Waals surface area contributed by atoms with Gasteiger partial charge in [-0.1, -0.05) is 20.8 Å².